The van der Waals surface area contributed by atoms with Crippen molar-refractivity contribution < 1.29 is 28.5 Å². The molecule has 0 radical (unpaired) electrons. The number of hydrogen-bond donors (Lipinski definition) is 0. The number of tetrazole rings is 1. The first-order valence-electron chi connectivity index (χ1n) is 12.7. The highest BCUT2D eigenvalue weighted by molar-refractivity contribution is 7.99. The highest BCUT2D eigenvalue weighted by atomic mass is 32.2. The molecule has 1 aromatic heterocycles. The van der Waals surface area contributed by atoms with Gasteiger partial charge < -0.3 is 18.9 Å². The van der Waals surface area contributed by atoms with E-state index in [1.54, 1.807) is 18.5 Å². The highest BCUT2D eigenvalue weighted by Crippen LogP contribution is 2.35. The average Bonchev–Trinajstić information content (AvgIpc) is 3.30. The molecule has 11 heteroatoms. The summed E-state index contributed by atoms with van der Waals surface area (Å²) in [6, 6.07) is 0. The lowest BCUT2D eigenvalue weighted by Crippen LogP contribution is -2.42. The third kappa shape index (κ3) is 9.02. The molecule has 1 fully saturated rings. The SMILES string of the molecule is CCOC(=O)C(CCCCOC1CCCCO1)(CCCSc1nnnn1C(C)(C)C)C(=O)OCC. The molecule has 1 aromatic rings. The second-order valence-electron chi connectivity index (χ2n) is 9.64. The van der Waals surface area contributed by atoms with Gasteiger partial charge in [-0.25, -0.2) is 4.68 Å². The predicted octanol–water partition coefficient (Wildman–Crippen LogP) is 4.13. The van der Waals surface area contributed by atoms with Gasteiger partial charge in [0, 0.05) is 19.0 Å². The first kappa shape index (κ1) is 29.5. The summed E-state index contributed by atoms with van der Waals surface area (Å²) in [5.74, 6) is -0.377. The van der Waals surface area contributed by atoms with Gasteiger partial charge in [0.05, 0.1) is 18.8 Å². The van der Waals surface area contributed by atoms with Gasteiger partial charge in [-0.1, -0.05) is 11.8 Å². The molecule has 0 aliphatic carbocycles. The van der Waals surface area contributed by atoms with E-state index in [0.717, 1.165) is 32.3 Å². The van der Waals surface area contributed by atoms with E-state index in [9.17, 15) is 9.59 Å². The van der Waals surface area contributed by atoms with Crippen LogP contribution in [0, 0.1) is 5.41 Å². The summed E-state index contributed by atoms with van der Waals surface area (Å²) in [5, 5.41) is 12.7. The molecule has 1 aliphatic rings. The maximum atomic E-state index is 13.1. The molecule has 2 rings (SSSR count). The number of esters is 2. The molecule has 0 amide bonds. The molecule has 200 valence electrons. The van der Waals surface area contributed by atoms with Crippen LogP contribution in [0.1, 0.15) is 86.0 Å². The summed E-state index contributed by atoms with van der Waals surface area (Å²) in [4.78, 5) is 26.2. The minimum atomic E-state index is -1.33. The topological polar surface area (TPSA) is 115 Å². The summed E-state index contributed by atoms with van der Waals surface area (Å²) in [7, 11) is 0. The number of nitrogens with zero attached hydrogens (tertiary/aromatic N) is 4. The Kier molecular flexibility index (Phi) is 12.4. The molecule has 35 heavy (non-hydrogen) atoms. The van der Waals surface area contributed by atoms with E-state index in [1.807, 2.05) is 20.8 Å². The van der Waals surface area contributed by atoms with Gasteiger partial charge in [-0.3, -0.25) is 9.59 Å². The normalized spacial score (nSPS) is 16.8. The van der Waals surface area contributed by atoms with E-state index in [4.69, 9.17) is 18.9 Å². The Balaban J connectivity index is 1.98. The minimum Gasteiger partial charge on any atom is -0.465 e. The van der Waals surface area contributed by atoms with Crippen molar-refractivity contribution in [2.75, 3.05) is 32.2 Å². The lowest BCUT2D eigenvalue weighted by Gasteiger charge is -2.29. The van der Waals surface area contributed by atoms with Crippen LogP contribution in [0.5, 0.6) is 0 Å². The zero-order valence-electron chi connectivity index (χ0n) is 21.9. The van der Waals surface area contributed by atoms with Gasteiger partial charge in [-0.2, -0.15) is 0 Å². The van der Waals surface area contributed by atoms with Crippen LogP contribution in [0.4, 0.5) is 0 Å². The van der Waals surface area contributed by atoms with Gasteiger partial charge in [0.25, 0.3) is 0 Å². The van der Waals surface area contributed by atoms with Crippen molar-refractivity contribution in [3.8, 4) is 0 Å². The lowest BCUT2D eigenvalue weighted by molar-refractivity contribution is -0.174. The van der Waals surface area contributed by atoms with E-state index in [-0.39, 0.29) is 25.0 Å². The van der Waals surface area contributed by atoms with Crippen LogP contribution >= 0.6 is 11.8 Å². The summed E-state index contributed by atoms with van der Waals surface area (Å²) >= 11 is 1.51. The first-order chi connectivity index (χ1) is 16.7. The maximum Gasteiger partial charge on any atom is 0.323 e. The average molecular weight is 515 g/mol. The number of aromatic nitrogens is 4. The van der Waals surface area contributed by atoms with E-state index in [0.29, 0.717) is 43.2 Å². The first-order valence-corrected chi connectivity index (χ1v) is 13.7. The number of rotatable bonds is 15. The van der Waals surface area contributed by atoms with E-state index in [2.05, 4.69) is 15.5 Å². The van der Waals surface area contributed by atoms with Crippen molar-refractivity contribution >= 4 is 23.7 Å². The predicted molar refractivity (Wildman–Crippen MR) is 132 cm³/mol. The second kappa shape index (κ2) is 14.7. The van der Waals surface area contributed by atoms with Crippen LogP contribution in [0.15, 0.2) is 5.16 Å². The van der Waals surface area contributed by atoms with Crippen LogP contribution in [0.2, 0.25) is 0 Å². The highest BCUT2D eigenvalue weighted by Gasteiger charge is 2.47. The molecular weight excluding hydrogens is 472 g/mol. The van der Waals surface area contributed by atoms with Crippen molar-refractivity contribution in [3.05, 3.63) is 0 Å². The van der Waals surface area contributed by atoms with Crippen molar-refractivity contribution in [1.82, 2.24) is 20.2 Å². The summed E-state index contributed by atoms with van der Waals surface area (Å²) in [6.07, 6.45) is 5.59. The standard InChI is InChI=1S/C24H42N4O6S/c1-6-31-20(29)24(21(30)32-7-2,14-9-11-17-34-19-13-8-10-16-33-19)15-12-18-35-22-25-26-27-28(22)23(3,4)5/h19H,6-18H2,1-5H3. The monoisotopic (exact) mass is 514 g/mol. The molecule has 1 unspecified atom stereocenters. The van der Waals surface area contributed by atoms with Gasteiger partial charge >= 0.3 is 11.9 Å². The molecule has 0 bridgehead atoms. The van der Waals surface area contributed by atoms with Crippen LogP contribution in [-0.4, -0.2) is 70.6 Å². The van der Waals surface area contributed by atoms with E-state index < -0.39 is 17.4 Å². The molecule has 0 N–H and O–H groups in total. The molecule has 1 saturated heterocycles. The van der Waals surface area contributed by atoms with Crippen molar-refractivity contribution in [2.24, 2.45) is 5.41 Å². The second-order valence-corrected chi connectivity index (χ2v) is 10.7. The fourth-order valence-corrected chi connectivity index (χ4v) is 4.97. The third-order valence-corrected chi connectivity index (χ3v) is 6.83. The Labute approximate surface area is 213 Å². The largest absolute Gasteiger partial charge is 0.465 e. The van der Waals surface area contributed by atoms with Crippen LogP contribution in [0.25, 0.3) is 0 Å². The van der Waals surface area contributed by atoms with E-state index >= 15 is 0 Å². The van der Waals surface area contributed by atoms with Crippen LogP contribution < -0.4 is 0 Å². The smallest absolute Gasteiger partial charge is 0.323 e. The molecule has 10 nitrogen and oxygen atoms in total. The third-order valence-electron chi connectivity index (χ3n) is 5.83. The number of unbranched alkanes of at least 4 members (excludes halogenated alkanes) is 1. The Morgan fingerprint density at radius 1 is 1.06 bits per heavy atom. The zero-order chi connectivity index (χ0) is 25.7. The van der Waals surface area contributed by atoms with Crippen molar-refractivity contribution in [1.29, 1.82) is 0 Å². The van der Waals surface area contributed by atoms with Gasteiger partial charge in [0.15, 0.2) is 11.7 Å². The zero-order valence-corrected chi connectivity index (χ0v) is 22.7. The van der Waals surface area contributed by atoms with Crippen LogP contribution in [-0.2, 0) is 34.1 Å². The van der Waals surface area contributed by atoms with E-state index in [1.165, 1.54) is 11.8 Å². The Hall–Kier alpha value is -1.72. The maximum absolute atomic E-state index is 13.1. The van der Waals surface area contributed by atoms with Crippen molar-refractivity contribution in [2.45, 2.75) is 103 Å². The number of ether oxygens (including phenoxy) is 4. The quantitative estimate of drug-likeness (QED) is 0.146. The van der Waals surface area contributed by atoms with Crippen LogP contribution in [0.3, 0.4) is 0 Å². The van der Waals surface area contributed by atoms with Crippen molar-refractivity contribution in [3.63, 3.8) is 0 Å². The lowest BCUT2D eigenvalue weighted by atomic mass is 9.78. The molecule has 0 aromatic carbocycles. The van der Waals surface area contributed by atoms with Gasteiger partial charge in [-0.05, 0) is 96.4 Å². The molecule has 0 spiro atoms. The molecular formula is C24H42N4O6S. The van der Waals surface area contributed by atoms with Gasteiger partial charge in [0.1, 0.15) is 0 Å². The fraction of sp³-hybridized carbons (Fsp3) is 0.875. The molecule has 1 atom stereocenters. The molecule has 2 heterocycles. The molecule has 1 aliphatic heterocycles. The summed E-state index contributed by atoms with van der Waals surface area (Å²) in [6.45, 7) is 11.3. The van der Waals surface area contributed by atoms with Gasteiger partial charge in [0.2, 0.25) is 5.16 Å². The Bertz CT molecular complexity index is 758. The number of carbonyl (C=O) groups is 2. The Morgan fingerprint density at radius 3 is 2.34 bits per heavy atom. The number of carbonyl (C=O) groups excluding carboxylic acids is 2. The minimum absolute atomic E-state index is 0.148. The Morgan fingerprint density at radius 2 is 1.74 bits per heavy atom. The van der Waals surface area contributed by atoms with Gasteiger partial charge in [-0.15, -0.1) is 5.10 Å². The molecule has 0 saturated carbocycles. The summed E-state index contributed by atoms with van der Waals surface area (Å²) in [5.41, 5.74) is -1.57. The number of hydrogen-bond acceptors (Lipinski definition) is 10. The number of thioether (sulfide) groups is 1. The summed E-state index contributed by atoms with van der Waals surface area (Å²) < 4.78 is 23.9. The fourth-order valence-electron chi connectivity index (χ4n) is 3.97.